The van der Waals surface area contributed by atoms with E-state index in [1.54, 1.807) is 37.7 Å². The van der Waals surface area contributed by atoms with Gasteiger partial charge in [0, 0.05) is 67.3 Å². The van der Waals surface area contributed by atoms with Gasteiger partial charge in [0.2, 0.25) is 10.0 Å². The van der Waals surface area contributed by atoms with Crippen molar-refractivity contribution in [2.24, 2.45) is 0 Å². The van der Waals surface area contributed by atoms with E-state index in [1.807, 2.05) is 17.0 Å². The molecule has 3 aromatic rings. The van der Waals surface area contributed by atoms with Crippen LogP contribution in [0.15, 0.2) is 42.7 Å². The van der Waals surface area contributed by atoms with E-state index >= 15 is 0 Å². The van der Waals surface area contributed by atoms with Gasteiger partial charge >= 0.3 is 0 Å². The van der Waals surface area contributed by atoms with E-state index in [-0.39, 0.29) is 11.9 Å². The number of nitrogens with one attached hydrogen (secondary N) is 2. The minimum Gasteiger partial charge on any atom is -0.380 e. The minimum absolute atomic E-state index is 0.0536. The molecule has 34 heavy (non-hydrogen) atoms. The number of hydrogen-bond donors (Lipinski definition) is 2. The highest BCUT2D eigenvalue weighted by Gasteiger charge is 2.29. The second kappa shape index (κ2) is 10.0. The SMILES string of the molecule is CCN(c1ncccc1COC)C1CCN(C(=O)c2c[nH]c3ccc(NS(C)(=O)=O)cc23)CC1. The fourth-order valence-corrected chi connectivity index (χ4v) is 5.22. The zero-order valence-electron chi connectivity index (χ0n) is 19.7. The second-order valence-corrected chi connectivity index (χ2v) is 10.3. The molecule has 2 N–H and O–H groups in total. The van der Waals surface area contributed by atoms with Gasteiger partial charge in [-0.3, -0.25) is 9.52 Å². The minimum atomic E-state index is -3.40. The Morgan fingerprint density at radius 1 is 1.29 bits per heavy atom. The van der Waals surface area contributed by atoms with Crippen LogP contribution in [0.4, 0.5) is 11.5 Å². The predicted octanol–water partition coefficient (Wildman–Crippen LogP) is 3.21. The van der Waals surface area contributed by atoms with Crippen LogP contribution in [0.2, 0.25) is 0 Å². The number of carbonyl (C=O) groups excluding carboxylic acids is 1. The Kier molecular flexibility index (Phi) is 7.08. The molecule has 1 amide bonds. The average molecular weight is 486 g/mol. The Morgan fingerprint density at radius 2 is 2.06 bits per heavy atom. The number of aromatic nitrogens is 2. The molecule has 2 aromatic heterocycles. The smallest absolute Gasteiger partial charge is 0.256 e. The van der Waals surface area contributed by atoms with Crippen LogP contribution in [-0.2, 0) is 21.4 Å². The molecule has 0 atom stereocenters. The van der Waals surface area contributed by atoms with Crippen LogP contribution in [0.1, 0.15) is 35.7 Å². The van der Waals surface area contributed by atoms with Gasteiger partial charge in [0.05, 0.1) is 18.4 Å². The molecule has 0 saturated carbocycles. The first-order valence-corrected chi connectivity index (χ1v) is 13.3. The van der Waals surface area contributed by atoms with Gasteiger partial charge in [-0.2, -0.15) is 0 Å². The van der Waals surface area contributed by atoms with Gasteiger partial charge in [-0.1, -0.05) is 6.07 Å². The molecule has 4 rings (SSSR count). The summed E-state index contributed by atoms with van der Waals surface area (Å²) in [6.07, 6.45) is 6.29. The summed E-state index contributed by atoms with van der Waals surface area (Å²) in [5.74, 6) is 0.890. The maximum Gasteiger partial charge on any atom is 0.256 e. The number of amides is 1. The van der Waals surface area contributed by atoms with Crippen molar-refractivity contribution in [3.63, 3.8) is 0 Å². The Hall–Kier alpha value is -3.11. The summed E-state index contributed by atoms with van der Waals surface area (Å²) in [5.41, 5.74) is 2.83. The van der Waals surface area contributed by atoms with Crippen molar-refractivity contribution in [1.29, 1.82) is 0 Å². The number of fused-ring (bicyclic) bond motifs is 1. The molecule has 1 aliphatic rings. The molecule has 0 spiro atoms. The Morgan fingerprint density at radius 3 is 2.74 bits per heavy atom. The second-order valence-electron chi connectivity index (χ2n) is 8.57. The number of nitrogens with zero attached hydrogens (tertiary/aromatic N) is 3. The third-order valence-corrected chi connectivity index (χ3v) is 6.79. The number of ether oxygens (including phenoxy) is 1. The van der Waals surface area contributed by atoms with E-state index in [9.17, 15) is 13.2 Å². The van der Waals surface area contributed by atoms with Crippen molar-refractivity contribution in [3.05, 3.63) is 53.9 Å². The van der Waals surface area contributed by atoms with Crippen molar-refractivity contribution in [2.45, 2.75) is 32.4 Å². The molecular weight excluding hydrogens is 454 g/mol. The summed E-state index contributed by atoms with van der Waals surface area (Å²) in [7, 11) is -1.72. The number of methoxy groups -OCH3 is 1. The van der Waals surface area contributed by atoms with Crippen LogP contribution < -0.4 is 9.62 Å². The molecule has 1 aromatic carbocycles. The van der Waals surface area contributed by atoms with Gasteiger partial charge in [-0.25, -0.2) is 13.4 Å². The van der Waals surface area contributed by atoms with E-state index in [0.717, 1.165) is 42.5 Å². The summed E-state index contributed by atoms with van der Waals surface area (Å²) in [6.45, 7) is 4.73. The monoisotopic (exact) mass is 485 g/mol. The van der Waals surface area contributed by atoms with Crippen LogP contribution in [0.3, 0.4) is 0 Å². The first-order chi connectivity index (χ1) is 16.3. The molecular formula is C24H31N5O4S. The van der Waals surface area contributed by atoms with Gasteiger partial charge in [-0.05, 0) is 44.0 Å². The standard InChI is InChI=1S/C24H31N5O4S/c1-4-29(23-17(16-33-2)6-5-11-25-23)19-9-12-28(13-10-19)24(30)21-15-26-22-8-7-18(14-20(21)22)27-34(3,31)32/h5-8,11,14-15,19,26-27H,4,9-10,12-13,16H2,1-3H3. The fourth-order valence-electron chi connectivity index (χ4n) is 4.66. The van der Waals surface area contributed by atoms with E-state index in [1.165, 1.54) is 0 Å². The predicted molar refractivity (Wildman–Crippen MR) is 134 cm³/mol. The zero-order chi connectivity index (χ0) is 24.3. The zero-order valence-corrected chi connectivity index (χ0v) is 20.6. The number of benzene rings is 1. The van der Waals surface area contributed by atoms with Gasteiger partial charge < -0.3 is 19.5 Å². The fraction of sp³-hybridized carbons (Fsp3) is 0.417. The van der Waals surface area contributed by atoms with Crippen LogP contribution in [0.25, 0.3) is 10.9 Å². The molecule has 1 aliphatic heterocycles. The Labute approximate surface area is 200 Å². The van der Waals surface area contributed by atoms with Crippen LogP contribution in [0.5, 0.6) is 0 Å². The maximum atomic E-state index is 13.4. The number of sulfonamides is 1. The quantitative estimate of drug-likeness (QED) is 0.507. The highest BCUT2D eigenvalue weighted by molar-refractivity contribution is 7.92. The van der Waals surface area contributed by atoms with Gasteiger partial charge in [0.25, 0.3) is 5.91 Å². The topological polar surface area (TPSA) is 108 Å². The molecule has 1 fully saturated rings. The number of H-pyrrole nitrogens is 1. The van der Waals surface area contributed by atoms with Crippen molar-refractivity contribution in [3.8, 4) is 0 Å². The molecule has 9 nitrogen and oxygen atoms in total. The summed E-state index contributed by atoms with van der Waals surface area (Å²) in [5, 5.41) is 0.702. The number of hydrogen-bond acceptors (Lipinski definition) is 6. The number of piperidine rings is 1. The number of likely N-dealkylation sites (tertiary alicyclic amines) is 1. The number of rotatable bonds is 8. The van der Waals surface area contributed by atoms with E-state index in [0.29, 0.717) is 36.3 Å². The molecule has 10 heteroatoms. The highest BCUT2D eigenvalue weighted by atomic mass is 32.2. The van der Waals surface area contributed by atoms with Crippen molar-refractivity contribution >= 4 is 38.3 Å². The van der Waals surface area contributed by atoms with E-state index in [4.69, 9.17) is 4.74 Å². The lowest BCUT2D eigenvalue weighted by atomic mass is 10.0. The molecule has 0 radical (unpaired) electrons. The van der Waals surface area contributed by atoms with Gasteiger partial charge in [0.1, 0.15) is 5.82 Å². The van der Waals surface area contributed by atoms with Crippen LogP contribution >= 0.6 is 0 Å². The van der Waals surface area contributed by atoms with Crippen molar-refractivity contribution in [1.82, 2.24) is 14.9 Å². The molecule has 0 aliphatic carbocycles. The first-order valence-electron chi connectivity index (χ1n) is 11.4. The molecule has 1 saturated heterocycles. The molecule has 0 unspecified atom stereocenters. The third kappa shape index (κ3) is 5.18. The normalized spacial score (nSPS) is 15.0. The molecule has 3 heterocycles. The number of carbonyl (C=O) groups is 1. The number of aromatic amines is 1. The molecule has 182 valence electrons. The Balaban J connectivity index is 1.48. The van der Waals surface area contributed by atoms with Crippen LogP contribution in [0, 0.1) is 0 Å². The number of anilines is 2. The summed E-state index contributed by atoms with van der Waals surface area (Å²) >= 11 is 0. The summed E-state index contributed by atoms with van der Waals surface area (Å²) in [4.78, 5) is 25.3. The van der Waals surface area contributed by atoms with Crippen LogP contribution in [-0.4, -0.2) is 68.2 Å². The summed E-state index contributed by atoms with van der Waals surface area (Å²) in [6, 6.07) is 9.39. The lowest BCUT2D eigenvalue weighted by molar-refractivity contribution is 0.0714. The Bertz CT molecular complexity index is 1270. The average Bonchev–Trinajstić information content (AvgIpc) is 3.23. The largest absolute Gasteiger partial charge is 0.380 e. The lowest BCUT2D eigenvalue weighted by Crippen LogP contribution is -2.47. The van der Waals surface area contributed by atoms with E-state index < -0.39 is 10.0 Å². The lowest BCUT2D eigenvalue weighted by Gasteiger charge is -2.39. The summed E-state index contributed by atoms with van der Waals surface area (Å²) < 4.78 is 31.0. The van der Waals surface area contributed by atoms with E-state index in [2.05, 4.69) is 26.5 Å². The first kappa shape index (κ1) is 24.0. The van der Waals surface area contributed by atoms with Gasteiger partial charge in [-0.15, -0.1) is 0 Å². The highest BCUT2D eigenvalue weighted by Crippen LogP contribution is 2.28. The molecule has 0 bridgehead atoms. The third-order valence-electron chi connectivity index (χ3n) is 6.19. The maximum absolute atomic E-state index is 13.4. The van der Waals surface area contributed by atoms with Crippen molar-refractivity contribution in [2.75, 3.05) is 42.6 Å². The van der Waals surface area contributed by atoms with Gasteiger partial charge in [0.15, 0.2) is 0 Å². The number of pyridine rings is 1. The van der Waals surface area contributed by atoms with Crippen molar-refractivity contribution < 1.29 is 17.9 Å².